The van der Waals surface area contributed by atoms with Crippen LogP contribution < -0.4 is 15.2 Å². The van der Waals surface area contributed by atoms with E-state index in [4.69, 9.17) is 5.14 Å². The third-order valence-corrected chi connectivity index (χ3v) is 2.91. The third kappa shape index (κ3) is 4.56. The fraction of sp³-hybridized carbons (Fsp3) is 1.00. The Kier molecular flexibility index (Phi) is 3.66. The predicted molar refractivity (Wildman–Crippen MR) is 51.3 cm³/mol. The van der Waals surface area contributed by atoms with E-state index >= 15 is 0 Å². The molecule has 5 nitrogen and oxygen atoms in total. The Hall–Kier alpha value is -0.170. The van der Waals surface area contributed by atoms with Crippen molar-refractivity contribution >= 4 is 10.2 Å². The highest BCUT2D eigenvalue weighted by Crippen LogP contribution is 2.12. The molecule has 1 aliphatic rings. The number of rotatable bonds is 3. The lowest BCUT2D eigenvalue weighted by Gasteiger charge is -2.27. The van der Waals surface area contributed by atoms with Gasteiger partial charge in [0.05, 0.1) is 0 Å². The first kappa shape index (κ1) is 10.9. The Morgan fingerprint density at radius 2 is 2.23 bits per heavy atom. The minimum absolute atomic E-state index is 0.370. The van der Waals surface area contributed by atoms with Gasteiger partial charge in [0.25, 0.3) is 10.2 Å². The van der Waals surface area contributed by atoms with E-state index < -0.39 is 10.2 Å². The fourth-order valence-electron chi connectivity index (χ4n) is 1.47. The van der Waals surface area contributed by atoms with Crippen LogP contribution in [0.2, 0.25) is 0 Å². The first-order valence-electron chi connectivity index (χ1n) is 4.48. The van der Waals surface area contributed by atoms with E-state index in [1.54, 1.807) is 0 Å². The van der Waals surface area contributed by atoms with Gasteiger partial charge in [-0.1, -0.05) is 0 Å². The largest absolute Gasteiger partial charge is 0.314 e. The first-order chi connectivity index (χ1) is 5.97. The summed E-state index contributed by atoms with van der Waals surface area (Å²) < 4.78 is 23.5. The van der Waals surface area contributed by atoms with Crippen LogP contribution in [0.5, 0.6) is 0 Å². The highest BCUT2D eigenvalue weighted by molar-refractivity contribution is 7.87. The molecule has 0 aliphatic carbocycles. The minimum Gasteiger partial charge on any atom is -0.314 e. The quantitative estimate of drug-likeness (QED) is 0.564. The second-order valence-electron chi connectivity index (χ2n) is 3.65. The van der Waals surface area contributed by atoms with Crippen LogP contribution in [-0.4, -0.2) is 27.5 Å². The standard InChI is InChI=1S/C7H17N3O2S/c1-6-2-3-7(4-9-6)5-10-13(8,11)12/h6-7,9-10H,2-5H2,1H3,(H2,8,11,12). The SMILES string of the molecule is CC1CCC(CNS(N)(=O)=O)CN1. The van der Waals surface area contributed by atoms with Crippen LogP contribution >= 0.6 is 0 Å². The summed E-state index contributed by atoms with van der Waals surface area (Å²) in [5.41, 5.74) is 0. The van der Waals surface area contributed by atoms with Gasteiger partial charge in [-0.05, 0) is 32.2 Å². The van der Waals surface area contributed by atoms with E-state index in [0.717, 1.165) is 19.4 Å². The smallest absolute Gasteiger partial charge is 0.274 e. The molecule has 0 bridgehead atoms. The summed E-state index contributed by atoms with van der Waals surface area (Å²) in [5.74, 6) is 0.370. The van der Waals surface area contributed by atoms with Gasteiger partial charge in [-0.25, -0.2) is 9.86 Å². The molecule has 0 saturated carbocycles. The lowest BCUT2D eigenvalue weighted by Crippen LogP contribution is -2.43. The number of hydrogen-bond acceptors (Lipinski definition) is 3. The highest BCUT2D eigenvalue weighted by atomic mass is 32.2. The molecule has 1 fully saturated rings. The molecule has 1 aliphatic heterocycles. The van der Waals surface area contributed by atoms with Crippen molar-refractivity contribution in [2.45, 2.75) is 25.8 Å². The van der Waals surface area contributed by atoms with Gasteiger partial charge in [0, 0.05) is 12.6 Å². The van der Waals surface area contributed by atoms with Gasteiger partial charge in [0.15, 0.2) is 0 Å². The normalized spacial score (nSPS) is 30.3. The average Bonchev–Trinajstić information content (AvgIpc) is 2.02. The van der Waals surface area contributed by atoms with Crippen LogP contribution in [0.1, 0.15) is 19.8 Å². The third-order valence-electron chi connectivity index (χ3n) is 2.34. The van der Waals surface area contributed by atoms with E-state index in [2.05, 4.69) is 17.0 Å². The van der Waals surface area contributed by atoms with Crippen LogP contribution in [0.3, 0.4) is 0 Å². The minimum atomic E-state index is -3.51. The molecule has 4 N–H and O–H groups in total. The lowest BCUT2D eigenvalue weighted by atomic mass is 9.96. The van der Waals surface area contributed by atoms with E-state index in [-0.39, 0.29) is 0 Å². The molecule has 1 saturated heterocycles. The second kappa shape index (κ2) is 4.36. The van der Waals surface area contributed by atoms with Gasteiger partial charge < -0.3 is 5.32 Å². The molecule has 2 unspecified atom stereocenters. The Labute approximate surface area is 79.3 Å². The zero-order valence-corrected chi connectivity index (χ0v) is 8.60. The Morgan fingerprint density at radius 3 is 2.69 bits per heavy atom. The molecule has 0 aromatic carbocycles. The number of piperidine rings is 1. The maximum Gasteiger partial charge on any atom is 0.274 e. The molecule has 0 spiro atoms. The number of nitrogens with one attached hydrogen (secondary N) is 2. The summed E-state index contributed by atoms with van der Waals surface area (Å²) >= 11 is 0. The number of nitrogens with two attached hydrogens (primary N) is 1. The summed E-state index contributed by atoms with van der Waals surface area (Å²) in [7, 11) is -3.51. The van der Waals surface area contributed by atoms with Crippen molar-refractivity contribution in [3.05, 3.63) is 0 Å². The van der Waals surface area contributed by atoms with Crippen molar-refractivity contribution in [3.8, 4) is 0 Å². The first-order valence-corrected chi connectivity index (χ1v) is 6.03. The van der Waals surface area contributed by atoms with Gasteiger partial charge in [0.2, 0.25) is 0 Å². The van der Waals surface area contributed by atoms with Crippen LogP contribution in [-0.2, 0) is 10.2 Å². The van der Waals surface area contributed by atoms with Crippen molar-refractivity contribution in [1.29, 1.82) is 0 Å². The molecule has 13 heavy (non-hydrogen) atoms. The van der Waals surface area contributed by atoms with Crippen LogP contribution in [0.15, 0.2) is 0 Å². The zero-order valence-electron chi connectivity index (χ0n) is 7.79. The molecule has 2 atom stereocenters. The monoisotopic (exact) mass is 207 g/mol. The second-order valence-corrected chi connectivity index (χ2v) is 5.02. The molecule has 0 aromatic heterocycles. The lowest BCUT2D eigenvalue weighted by molar-refractivity contribution is 0.323. The van der Waals surface area contributed by atoms with E-state index in [0.29, 0.717) is 18.5 Å². The highest BCUT2D eigenvalue weighted by Gasteiger charge is 2.18. The Bertz CT molecular complexity index is 244. The van der Waals surface area contributed by atoms with E-state index in [1.807, 2.05) is 0 Å². The summed E-state index contributed by atoms with van der Waals surface area (Å²) in [6.45, 7) is 3.44. The number of hydrogen-bond donors (Lipinski definition) is 3. The molecular formula is C7H17N3O2S. The molecule has 1 rings (SSSR count). The summed E-state index contributed by atoms with van der Waals surface area (Å²) in [5, 5.41) is 8.11. The Balaban J connectivity index is 2.24. The van der Waals surface area contributed by atoms with Crippen molar-refractivity contribution in [2.75, 3.05) is 13.1 Å². The van der Waals surface area contributed by atoms with Crippen LogP contribution in [0, 0.1) is 5.92 Å². The van der Waals surface area contributed by atoms with Crippen LogP contribution in [0.25, 0.3) is 0 Å². The zero-order chi connectivity index (χ0) is 9.90. The van der Waals surface area contributed by atoms with Crippen molar-refractivity contribution in [2.24, 2.45) is 11.1 Å². The van der Waals surface area contributed by atoms with Crippen molar-refractivity contribution in [1.82, 2.24) is 10.0 Å². The van der Waals surface area contributed by atoms with Crippen LogP contribution in [0.4, 0.5) is 0 Å². The maximum absolute atomic E-state index is 10.6. The summed E-state index contributed by atoms with van der Waals surface area (Å²) in [4.78, 5) is 0. The van der Waals surface area contributed by atoms with Gasteiger partial charge >= 0.3 is 0 Å². The molecule has 78 valence electrons. The van der Waals surface area contributed by atoms with Gasteiger partial charge in [0.1, 0.15) is 0 Å². The molecule has 0 aromatic rings. The summed E-state index contributed by atoms with van der Waals surface area (Å²) in [6.07, 6.45) is 2.15. The average molecular weight is 207 g/mol. The topological polar surface area (TPSA) is 84.2 Å². The Morgan fingerprint density at radius 1 is 1.54 bits per heavy atom. The molecule has 0 amide bonds. The molecular weight excluding hydrogens is 190 g/mol. The summed E-state index contributed by atoms with van der Waals surface area (Å²) in [6, 6.07) is 0.547. The van der Waals surface area contributed by atoms with Gasteiger partial charge in [-0.3, -0.25) is 0 Å². The van der Waals surface area contributed by atoms with Gasteiger partial charge in [-0.15, -0.1) is 0 Å². The van der Waals surface area contributed by atoms with E-state index in [9.17, 15) is 8.42 Å². The van der Waals surface area contributed by atoms with E-state index in [1.165, 1.54) is 0 Å². The predicted octanol–water partition coefficient (Wildman–Crippen LogP) is -0.832. The van der Waals surface area contributed by atoms with Crippen molar-refractivity contribution in [3.63, 3.8) is 0 Å². The van der Waals surface area contributed by atoms with Crippen molar-refractivity contribution < 1.29 is 8.42 Å². The maximum atomic E-state index is 10.6. The fourth-order valence-corrected chi connectivity index (χ4v) is 1.93. The molecule has 1 heterocycles. The van der Waals surface area contributed by atoms with Gasteiger partial charge in [-0.2, -0.15) is 8.42 Å². The molecule has 0 radical (unpaired) electrons. The molecule has 6 heteroatoms.